The number of sulfonamides is 2. The standard InChI is InChI=1S/C12H19ClN2O4S2/c1-2-14-21(18,19)12-7-5-11(6-8-12)15-20(16,17)10-4-3-9-13/h5-8,14-15H,2-4,9-10H2,1H3. The van der Waals surface area contributed by atoms with Gasteiger partial charge < -0.3 is 0 Å². The van der Waals surface area contributed by atoms with Crippen molar-refractivity contribution in [1.82, 2.24) is 4.72 Å². The molecule has 1 aromatic rings. The van der Waals surface area contributed by atoms with Crippen LogP contribution in [0.25, 0.3) is 0 Å². The highest BCUT2D eigenvalue weighted by molar-refractivity contribution is 7.92. The van der Waals surface area contributed by atoms with E-state index in [-0.39, 0.29) is 17.2 Å². The molecule has 0 saturated heterocycles. The van der Waals surface area contributed by atoms with Crippen LogP contribution in [0.2, 0.25) is 0 Å². The molecule has 0 atom stereocenters. The third-order valence-corrected chi connectivity index (χ3v) is 5.77. The second-order valence-corrected chi connectivity index (χ2v) is 8.33. The summed E-state index contributed by atoms with van der Waals surface area (Å²) >= 11 is 5.50. The predicted molar refractivity (Wildman–Crippen MR) is 84.7 cm³/mol. The van der Waals surface area contributed by atoms with E-state index in [4.69, 9.17) is 11.6 Å². The summed E-state index contributed by atoms with van der Waals surface area (Å²) in [5, 5.41) is 0. The minimum absolute atomic E-state index is 0.0167. The minimum Gasteiger partial charge on any atom is -0.284 e. The Balaban J connectivity index is 2.75. The minimum atomic E-state index is -3.53. The van der Waals surface area contributed by atoms with Crippen molar-refractivity contribution in [3.05, 3.63) is 24.3 Å². The molecule has 0 heterocycles. The maximum atomic E-state index is 11.8. The molecule has 2 N–H and O–H groups in total. The molecule has 0 saturated carbocycles. The first-order chi connectivity index (χ1) is 9.80. The molecule has 0 unspecified atom stereocenters. The number of benzene rings is 1. The monoisotopic (exact) mass is 354 g/mol. The quantitative estimate of drug-likeness (QED) is 0.522. The van der Waals surface area contributed by atoms with Crippen LogP contribution in [-0.4, -0.2) is 35.0 Å². The lowest BCUT2D eigenvalue weighted by molar-refractivity contribution is 0.584. The second-order valence-electron chi connectivity index (χ2n) is 4.34. The smallest absolute Gasteiger partial charge is 0.240 e. The third-order valence-electron chi connectivity index (χ3n) is 2.57. The molecular weight excluding hydrogens is 336 g/mol. The fraction of sp³-hybridized carbons (Fsp3) is 0.500. The van der Waals surface area contributed by atoms with Gasteiger partial charge in [-0.2, -0.15) is 0 Å². The molecule has 9 heteroatoms. The van der Waals surface area contributed by atoms with Gasteiger partial charge in [0.1, 0.15) is 0 Å². The third kappa shape index (κ3) is 6.21. The molecule has 1 rings (SSSR count). The van der Waals surface area contributed by atoms with Crippen molar-refractivity contribution in [2.45, 2.75) is 24.7 Å². The van der Waals surface area contributed by atoms with Crippen molar-refractivity contribution in [2.24, 2.45) is 0 Å². The van der Waals surface area contributed by atoms with Crippen molar-refractivity contribution in [3.8, 4) is 0 Å². The van der Waals surface area contributed by atoms with Gasteiger partial charge in [-0.05, 0) is 37.1 Å². The zero-order valence-corrected chi connectivity index (χ0v) is 14.1. The molecule has 1 aromatic carbocycles. The lowest BCUT2D eigenvalue weighted by Crippen LogP contribution is -2.23. The lowest BCUT2D eigenvalue weighted by Gasteiger charge is -2.09. The molecule has 21 heavy (non-hydrogen) atoms. The van der Waals surface area contributed by atoms with Gasteiger partial charge in [0.05, 0.1) is 10.6 Å². The summed E-state index contributed by atoms with van der Waals surface area (Å²) in [6, 6.07) is 5.55. The fourth-order valence-corrected chi connectivity index (χ4v) is 4.00. The SMILES string of the molecule is CCNS(=O)(=O)c1ccc(NS(=O)(=O)CCCCCl)cc1. The number of halogens is 1. The van der Waals surface area contributed by atoms with Crippen LogP contribution >= 0.6 is 11.6 Å². The predicted octanol–water partition coefficient (Wildman–Crippen LogP) is 1.75. The number of hydrogen-bond acceptors (Lipinski definition) is 4. The molecule has 0 aliphatic carbocycles. The Morgan fingerprint density at radius 2 is 1.67 bits per heavy atom. The summed E-state index contributed by atoms with van der Waals surface area (Å²) in [5.74, 6) is 0.406. The summed E-state index contributed by atoms with van der Waals surface area (Å²) in [6.45, 7) is 1.97. The van der Waals surface area contributed by atoms with E-state index in [1.807, 2.05) is 0 Å². The summed E-state index contributed by atoms with van der Waals surface area (Å²) in [5.41, 5.74) is 0.330. The molecule has 0 amide bonds. The first-order valence-electron chi connectivity index (χ1n) is 6.47. The summed E-state index contributed by atoms with van der Waals surface area (Å²) in [4.78, 5) is 0.0921. The Hall–Kier alpha value is -0.830. The Morgan fingerprint density at radius 3 is 2.19 bits per heavy atom. The van der Waals surface area contributed by atoms with Crippen LogP contribution in [0, 0.1) is 0 Å². The van der Waals surface area contributed by atoms with Crippen molar-refractivity contribution in [3.63, 3.8) is 0 Å². The molecule has 120 valence electrons. The summed E-state index contributed by atoms with van der Waals surface area (Å²) in [6.07, 6.45) is 1.11. The van der Waals surface area contributed by atoms with Crippen molar-refractivity contribution in [1.29, 1.82) is 0 Å². The van der Waals surface area contributed by atoms with Gasteiger partial charge in [0.25, 0.3) is 0 Å². The maximum absolute atomic E-state index is 11.8. The van der Waals surface area contributed by atoms with Gasteiger partial charge in [-0.15, -0.1) is 11.6 Å². The second kappa shape index (κ2) is 7.98. The van der Waals surface area contributed by atoms with E-state index < -0.39 is 20.0 Å². The first-order valence-corrected chi connectivity index (χ1v) is 10.1. The van der Waals surface area contributed by atoms with Gasteiger partial charge in [0.2, 0.25) is 20.0 Å². The normalized spacial score (nSPS) is 12.3. The highest BCUT2D eigenvalue weighted by atomic mass is 35.5. The Kier molecular flexibility index (Phi) is 6.92. The van der Waals surface area contributed by atoms with Crippen LogP contribution in [0.1, 0.15) is 19.8 Å². The van der Waals surface area contributed by atoms with E-state index in [9.17, 15) is 16.8 Å². The number of rotatable bonds is 9. The van der Waals surface area contributed by atoms with Gasteiger partial charge in [-0.3, -0.25) is 4.72 Å². The van der Waals surface area contributed by atoms with Crippen LogP contribution in [-0.2, 0) is 20.0 Å². The zero-order valence-electron chi connectivity index (χ0n) is 11.7. The lowest BCUT2D eigenvalue weighted by atomic mass is 10.3. The average molecular weight is 355 g/mol. The van der Waals surface area contributed by atoms with Crippen LogP contribution in [0.3, 0.4) is 0 Å². The maximum Gasteiger partial charge on any atom is 0.240 e. The van der Waals surface area contributed by atoms with E-state index in [0.717, 1.165) is 0 Å². The number of anilines is 1. The molecular formula is C12H19ClN2O4S2. The molecule has 0 aromatic heterocycles. The largest absolute Gasteiger partial charge is 0.284 e. The average Bonchev–Trinajstić information content (AvgIpc) is 2.39. The molecule has 0 aliphatic heterocycles. The van der Waals surface area contributed by atoms with E-state index in [1.54, 1.807) is 6.92 Å². The molecule has 0 bridgehead atoms. The van der Waals surface area contributed by atoms with Crippen LogP contribution in [0.4, 0.5) is 5.69 Å². The number of hydrogen-bond donors (Lipinski definition) is 2. The van der Waals surface area contributed by atoms with E-state index in [1.165, 1.54) is 24.3 Å². The zero-order chi connectivity index (χ0) is 15.9. The summed E-state index contributed by atoms with van der Waals surface area (Å²) < 4.78 is 51.8. The Bertz CT molecular complexity index is 642. The van der Waals surface area contributed by atoms with E-state index in [0.29, 0.717) is 24.4 Å². The van der Waals surface area contributed by atoms with Crippen LogP contribution in [0.15, 0.2) is 29.2 Å². The fourth-order valence-electron chi connectivity index (χ4n) is 1.59. The Morgan fingerprint density at radius 1 is 1.05 bits per heavy atom. The van der Waals surface area contributed by atoms with Gasteiger partial charge >= 0.3 is 0 Å². The number of unbranched alkanes of at least 4 members (excludes halogenated alkanes) is 1. The first kappa shape index (κ1) is 18.2. The van der Waals surface area contributed by atoms with Gasteiger partial charge in [0.15, 0.2) is 0 Å². The van der Waals surface area contributed by atoms with Gasteiger partial charge in [-0.25, -0.2) is 21.6 Å². The Labute approximate surface area is 131 Å². The molecule has 0 radical (unpaired) electrons. The summed E-state index contributed by atoms with van der Waals surface area (Å²) in [7, 11) is -6.97. The van der Waals surface area contributed by atoms with E-state index >= 15 is 0 Å². The van der Waals surface area contributed by atoms with Gasteiger partial charge in [0, 0.05) is 18.1 Å². The number of nitrogens with one attached hydrogen (secondary N) is 2. The highest BCUT2D eigenvalue weighted by Gasteiger charge is 2.14. The van der Waals surface area contributed by atoms with Crippen molar-refractivity contribution >= 4 is 37.3 Å². The topological polar surface area (TPSA) is 92.3 Å². The van der Waals surface area contributed by atoms with Crippen LogP contribution in [0.5, 0.6) is 0 Å². The van der Waals surface area contributed by atoms with Gasteiger partial charge in [-0.1, -0.05) is 6.92 Å². The highest BCUT2D eigenvalue weighted by Crippen LogP contribution is 2.15. The molecule has 0 fully saturated rings. The number of alkyl halides is 1. The van der Waals surface area contributed by atoms with E-state index in [2.05, 4.69) is 9.44 Å². The van der Waals surface area contributed by atoms with Crippen LogP contribution < -0.4 is 9.44 Å². The molecule has 0 aliphatic rings. The van der Waals surface area contributed by atoms with Crippen molar-refractivity contribution in [2.75, 3.05) is 22.9 Å². The molecule has 0 spiro atoms. The molecule has 6 nitrogen and oxygen atoms in total. The van der Waals surface area contributed by atoms with Crippen molar-refractivity contribution < 1.29 is 16.8 Å².